The SMILES string of the molecule is CC(=O)C(O)[C@H]1O[C@@](O)(C(C)=O)[C@@](O)(C(C)=O)[C@](O)(C(C)=O)C1(F)F. The molecule has 5 atom stereocenters. The summed E-state index contributed by atoms with van der Waals surface area (Å²) in [7, 11) is 0. The van der Waals surface area contributed by atoms with Crippen molar-refractivity contribution in [1.82, 2.24) is 0 Å². The highest BCUT2D eigenvalue weighted by Gasteiger charge is 2.85. The van der Waals surface area contributed by atoms with E-state index in [9.17, 15) is 48.4 Å². The largest absolute Gasteiger partial charge is 0.382 e. The van der Waals surface area contributed by atoms with Crippen LogP contribution in [0, 0.1) is 0 Å². The lowest BCUT2D eigenvalue weighted by Gasteiger charge is -2.57. The summed E-state index contributed by atoms with van der Waals surface area (Å²) in [5, 5.41) is 40.8. The molecule has 1 fully saturated rings. The van der Waals surface area contributed by atoms with Crippen LogP contribution in [-0.4, -0.2) is 78.7 Å². The van der Waals surface area contributed by atoms with Gasteiger partial charge in [0.15, 0.2) is 29.2 Å². The average molecular weight is 368 g/mol. The van der Waals surface area contributed by atoms with Gasteiger partial charge in [0.05, 0.1) is 0 Å². The molecule has 1 heterocycles. The van der Waals surface area contributed by atoms with E-state index in [0.717, 1.165) is 0 Å². The predicted octanol–water partition coefficient (Wildman–Crippen LogP) is -2.11. The Labute approximate surface area is 140 Å². The number of hydrogen-bond acceptors (Lipinski definition) is 9. The first-order chi connectivity index (χ1) is 11.0. The minimum atomic E-state index is -4.94. The van der Waals surface area contributed by atoms with Gasteiger partial charge in [0, 0.05) is 6.92 Å². The Morgan fingerprint density at radius 3 is 1.56 bits per heavy atom. The molecule has 142 valence electrons. The molecular formula is C14H18F2O9. The first-order valence-corrected chi connectivity index (χ1v) is 6.97. The zero-order chi connectivity index (χ0) is 20.2. The van der Waals surface area contributed by atoms with E-state index < -0.39 is 58.3 Å². The highest BCUT2D eigenvalue weighted by molar-refractivity contribution is 6.04. The number of carbonyl (C=O) groups excluding carboxylic acids is 4. The second-order valence-corrected chi connectivity index (χ2v) is 5.95. The minimum absolute atomic E-state index is 0.366. The summed E-state index contributed by atoms with van der Waals surface area (Å²) >= 11 is 0. The normalized spacial score (nSPS) is 38.7. The van der Waals surface area contributed by atoms with Gasteiger partial charge in [-0.05, 0) is 20.8 Å². The topological polar surface area (TPSA) is 158 Å². The molecule has 25 heavy (non-hydrogen) atoms. The minimum Gasteiger partial charge on any atom is -0.382 e. The van der Waals surface area contributed by atoms with Crippen LogP contribution in [0.15, 0.2) is 0 Å². The number of carbonyl (C=O) groups is 4. The lowest BCUT2D eigenvalue weighted by molar-refractivity contribution is -0.414. The second-order valence-electron chi connectivity index (χ2n) is 5.95. The molecule has 0 bridgehead atoms. The molecule has 0 aromatic carbocycles. The highest BCUT2D eigenvalue weighted by Crippen LogP contribution is 2.53. The number of Topliss-reactive ketones (excluding diaryl/α,β-unsaturated/α-hetero) is 4. The van der Waals surface area contributed by atoms with E-state index in [0.29, 0.717) is 27.7 Å². The van der Waals surface area contributed by atoms with Gasteiger partial charge >= 0.3 is 5.92 Å². The van der Waals surface area contributed by atoms with Gasteiger partial charge in [0.2, 0.25) is 11.2 Å². The second kappa shape index (κ2) is 5.95. The van der Waals surface area contributed by atoms with Gasteiger partial charge in [-0.25, -0.2) is 0 Å². The van der Waals surface area contributed by atoms with Crippen LogP contribution < -0.4 is 0 Å². The molecule has 0 amide bonds. The van der Waals surface area contributed by atoms with E-state index in [4.69, 9.17) is 0 Å². The van der Waals surface area contributed by atoms with Crippen LogP contribution in [0.5, 0.6) is 0 Å². The third-order valence-electron chi connectivity index (χ3n) is 4.35. The number of hydrogen-bond donors (Lipinski definition) is 4. The molecule has 0 radical (unpaired) electrons. The predicted molar refractivity (Wildman–Crippen MR) is 73.4 cm³/mol. The third-order valence-corrected chi connectivity index (χ3v) is 4.35. The lowest BCUT2D eigenvalue weighted by atomic mass is 9.63. The van der Waals surface area contributed by atoms with Crippen molar-refractivity contribution in [2.24, 2.45) is 0 Å². The van der Waals surface area contributed by atoms with E-state index in [2.05, 4.69) is 4.74 Å². The van der Waals surface area contributed by atoms with E-state index in [1.165, 1.54) is 0 Å². The molecule has 11 heteroatoms. The number of ether oxygens (including phenoxy) is 1. The molecule has 0 saturated carbocycles. The number of halogens is 2. The van der Waals surface area contributed by atoms with Crippen LogP contribution >= 0.6 is 0 Å². The fourth-order valence-electron chi connectivity index (χ4n) is 2.83. The monoisotopic (exact) mass is 368 g/mol. The zero-order valence-corrected chi connectivity index (χ0v) is 13.7. The van der Waals surface area contributed by atoms with Gasteiger partial charge in [-0.3, -0.25) is 19.2 Å². The Morgan fingerprint density at radius 2 is 1.28 bits per heavy atom. The Bertz CT molecular complexity index is 648. The lowest BCUT2D eigenvalue weighted by Crippen LogP contribution is -2.88. The molecule has 1 unspecified atom stereocenters. The summed E-state index contributed by atoms with van der Waals surface area (Å²) in [5.74, 6) is -15.4. The number of aliphatic hydroxyl groups is 4. The third kappa shape index (κ3) is 2.38. The summed E-state index contributed by atoms with van der Waals surface area (Å²) < 4.78 is 34.0. The quantitative estimate of drug-likeness (QED) is 0.426. The highest BCUT2D eigenvalue weighted by atomic mass is 19.3. The first-order valence-electron chi connectivity index (χ1n) is 6.97. The maximum atomic E-state index is 14.8. The standard InChI is InChI=1S/C14H18F2O9/c1-5(17)9(21)10-13(15,16)11(22,6(2)18)12(23,7(3)19)14(24,25-10)8(4)20/h9-10,21-24H,1-4H3/t9?,10-,11-,12-,14+/m1/s1. The maximum absolute atomic E-state index is 14.8. The van der Waals surface area contributed by atoms with Crippen molar-refractivity contribution in [2.45, 2.75) is 62.8 Å². The number of ketones is 4. The van der Waals surface area contributed by atoms with Crippen molar-refractivity contribution in [2.75, 3.05) is 0 Å². The van der Waals surface area contributed by atoms with Crippen LogP contribution in [0.4, 0.5) is 8.78 Å². The van der Waals surface area contributed by atoms with Crippen molar-refractivity contribution in [3.05, 3.63) is 0 Å². The molecule has 1 aliphatic rings. The molecule has 9 nitrogen and oxygen atoms in total. The van der Waals surface area contributed by atoms with Gasteiger partial charge in [-0.15, -0.1) is 0 Å². The van der Waals surface area contributed by atoms with Gasteiger partial charge in [0.25, 0.3) is 5.79 Å². The first kappa shape index (κ1) is 21.4. The van der Waals surface area contributed by atoms with Gasteiger partial charge < -0.3 is 25.2 Å². The van der Waals surface area contributed by atoms with E-state index in [-0.39, 0.29) is 0 Å². The molecular weight excluding hydrogens is 350 g/mol. The number of aliphatic hydroxyl groups excluding tert-OH is 1. The molecule has 1 rings (SSSR count). The van der Waals surface area contributed by atoms with Gasteiger partial charge in [-0.1, -0.05) is 0 Å². The molecule has 0 aromatic heterocycles. The van der Waals surface area contributed by atoms with Crippen LogP contribution in [-0.2, 0) is 23.9 Å². The van der Waals surface area contributed by atoms with Crippen molar-refractivity contribution >= 4 is 23.1 Å². The summed E-state index contributed by atoms with van der Waals surface area (Å²) in [6.45, 7) is 1.98. The Hall–Kier alpha value is -1.66. The molecule has 0 aliphatic carbocycles. The number of alkyl halides is 2. The maximum Gasteiger partial charge on any atom is 0.315 e. The van der Waals surface area contributed by atoms with Gasteiger partial charge in [0.1, 0.15) is 6.10 Å². The van der Waals surface area contributed by atoms with Crippen molar-refractivity contribution in [3.63, 3.8) is 0 Å². The Morgan fingerprint density at radius 1 is 0.880 bits per heavy atom. The Kier molecular flexibility index (Phi) is 5.09. The molecule has 0 aromatic rings. The van der Waals surface area contributed by atoms with E-state index in [1.54, 1.807) is 0 Å². The van der Waals surface area contributed by atoms with Crippen molar-refractivity contribution in [3.8, 4) is 0 Å². The average Bonchev–Trinajstić information content (AvgIpc) is 2.47. The summed E-state index contributed by atoms with van der Waals surface area (Å²) in [6.07, 6.45) is -5.80. The van der Waals surface area contributed by atoms with Gasteiger partial charge in [-0.2, -0.15) is 8.78 Å². The van der Waals surface area contributed by atoms with Crippen LogP contribution in [0.3, 0.4) is 0 Å². The molecule has 4 N–H and O–H groups in total. The Balaban J connectivity index is 3.95. The summed E-state index contributed by atoms with van der Waals surface area (Å²) in [5.41, 5.74) is -8.47. The molecule has 1 saturated heterocycles. The molecule has 0 spiro atoms. The fraction of sp³-hybridized carbons (Fsp3) is 0.714. The van der Waals surface area contributed by atoms with E-state index in [1.807, 2.05) is 0 Å². The van der Waals surface area contributed by atoms with E-state index >= 15 is 0 Å². The number of rotatable bonds is 5. The molecule has 1 aliphatic heterocycles. The summed E-state index contributed by atoms with van der Waals surface area (Å²) in [4.78, 5) is 46.7. The zero-order valence-electron chi connectivity index (χ0n) is 13.7. The van der Waals surface area contributed by atoms with Crippen molar-refractivity contribution < 1.29 is 53.1 Å². The van der Waals surface area contributed by atoms with Crippen LogP contribution in [0.25, 0.3) is 0 Å². The summed E-state index contributed by atoms with van der Waals surface area (Å²) in [6, 6.07) is 0. The smallest absolute Gasteiger partial charge is 0.315 e. The fourth-order valence-corrected chi connectivity index (χ4v) is 2.83. The van der Waals surface area contributed by atoms with Crippen LogP contribution in [0.2, 0.25) is 0 Å². The van der Waals surface area contributed by atoms with Crippen LogP contribution in [0.1, 0.15) is 27.7 Å². The van der Waals surface area contributed by atoms with Crippen molar-refractivity contribution in [1.29, 1.82) is 0 Å².